The van der Waals surface area contributed by atoms with E-state index in [1.54, 1.807) is 31.5 Å². The van der Waals surface area contributed by atoms with Crippen molar-refractivity contribution < 1.29 is 29.6 Å². The fraction of sp³-hybridized carbons (Fsp3) is 0.222. The van der Waals surface area contributed by atoms with Crippen molar-refractivity contribution >= 4 is 59.0 Å². The van der Waals surface area contributed by atoms with Crippen molar-refractivity contribution in [3.8, 4) is 11.6 Å². The monoisotopic (exact) mass is 420 g/mol. The Labute approximate surface area is 168 Å². The molecule has 0 saturated heterocycles. The van der Waals surface area contributed by atoms with Crippen molar-refractivity contribution in [1.29, 1.82) is 0 Å². The molecule has 1 aliphatic rings. The van der Waals surface area contributed by atoms with Gasteiger partial charge in [0.2, 0.25) is 5.88 Å². The molecule has 1 aromatic carbocycles. The van der Waals surface area contributed by atoms with Crippen LogP contribution < -0.4 is 4.74 Å². The Morgan fingerprint density at radius 1 is 1.39 bits per heavy atom. The molecular formula is C18H16N2O6S2. The third kappa shape index (κ3) is 3.82. The van der Waals surface area contributed by atoms with Gasteiger partial charge in [-0.3, -0.25) is 14.4 Å². The van der Waals surface area contributed by atoms with E-state index in [-0.39, 0.29) is 22.7 Å². The number of thiazole rings is 1. The van der Waals surface area contributed by atoms with Crippen LogP contribution in [0.5, 0.6) is 11.6 Å². The van der Waals surface area contributed by atoms with Gasteiger partial charge in [0.05, 0.1) is 17.7 Å². The molecule has 1 aliphatic heterocycles. The van der Waals surface area contributed by atoms with Crippen LogP contribution in [0.4, 0.5) is 5.69 Å². The Morgan fingerprint density at radius 2 is 2.14 bits per heavy atom. The number of rotatable bonds is 7. The smallest absolute Gasteiger partial charge is 0.326 e. The lowest BCUT2D eigenvalue weighted by molar-refractivity contribution is -0.142. The van der Waals surface area contributed by atoms with Crippen molar-refractivity contribution in [1.82, 2.24) is 4.57 Å². The lowest BCUT2D eigenvalue weighted by atomic mass is 10.1. The standard InChI is InChI=1S/C18H16N2O6S2/c1-26-10-2-3-11-9(8-19-12(11)7-10)6-14-16(23)20(18(27)28-14)13(17(24)25)4-5-15(21)22/h2-3,6-8,13,23H,4-5H2,1H3,(H,21,22)(H,24,25). The van der Waals surface area contributed by atoms with E-state index in [2.05, 4.69) is 4.99 Å². The van der Waals surface area contributed by atoms with Crippen LogP contribution in [0.1, 0.15) is 29.3 Å². The molecule has 3 N–H and O–H groups in total. The minimum Gasteiger partial charge on any atom is -0.497 e. The number of hydrogen-bond donors (Lipinski definition) is 3. The number of carboxylic acid groups (broad SMARTS) is 2. The Morgan fingerprint density at radius 3 is 2.79 bits per heavy atom. The summed E-state index contributed by atoms with van der Waals surface area (Å²) in [5.74, 6) is -2.02. The summed E-state index contributed by atoms with van der Waals surface area (Å²) in [5.41, 5.74) is 2.29. The first-order valence-electron chi connectivity index (χ1n) is 8.15. The van der Waals surface area contributed by atoms with Crippen LogP contribution in [-0.2, 0) is 9.59 Å². The maximum atomic E-state index is 11.6. The molecule has 8 nitrogen and oxygen atoms in total. The quantitative estimate of drug-likeness (QED) is 0.583. The molecule has 146 valence electrons. The first-order chi connectivity index (χ1) is 13.3. The third-order valence-corrected chi connectivity index (χ3v) is 5.55. The van der Waals surface area contributed by atoms with Crippen molar-refractivity contribution in [2.75, 3.05) is 7.11 Å². The van der Waals surface area contributed by atoms with Gasteiger partial charge in [0, 0.05) is 29.8 Å². The van der Waals surface area contributed by atoms with Gasteiger partial charge in [-0.05, 0) is 36.8 Å². The lowest BCUT2D eigenvalue weighted by Crippen LogP contribution is -2.20. The van der Waals surface area contributed by atoms with Gasteiger partial charge in [-0.25, -0.2) is 4.79 Å². The predicted molar refractivity (Wildman–Crippen MR) is 107 cm³/mol. The highest BCUT2D eigenvalue weighted by molar-refractivity contribution is 7.73. The Balaban J connectivity index is 1.98. The molecule has 10 heteroatoms. The second-order valence-corrected chi connectivity index (χ2v) is 7.63. The molecule has 0 saturated carbocycles. The maximum Gasteiger partial charge on any atom is 0.326 e. The number of allylic oxidation sites excluding steroid dienone is 1. The number of ether oxygens (including phenoxy) is 1. The molecule has 0 bridgehead atoms. The Hall–Kier alpha value is -2.98. The second-order valence-electron chi connectivity index (χ2n) is 5.95. The van der Waals surface area contributed by atoms with Crippen LogP contribution in [0.3, 0.4) is 0 Å². The molecule has 2 heterocycles. The van der Waals surface area contributed by atoms with Crippen LogP contribution in [0.15, 0.2) is 23.2 Å². The number of benzene rings is 1. The summed E-state index contributed by atoms with van der Waals surface area (Å²) in [4.78, 5) is 27.1. The molecule has 3 rings (SSSR count). The first-order valence-corrected chi connectivity index (χ1v) is 9.37. The van der Waals surface area contributed by atoms with E-state index < -0.39 is 18.0 Å². The number of aliphatic carboxylic acids is 2. The third-order valence-electron chi connectivity index (χ3n) is 4.22. The molecule has 0 radical (unpaired) electrons. The normalized spacial score (nSPS) is 14.8. The van der Waals surface area contributed by atoms with E-state index >= 15 is 0 Å². The number of nitrogens with zero attached hydrogens (tertiary/aromatic N) is 2. The molecule has 28 heavy (non-hydrogen) atoms. The Kier molecular flexibility index (Phi) is 5.61. The molecule has 0 aliphatic carbocycles. The van der Waals surface area contributed by atoms with Gasteiger partial charge >= 0.3 is 11.9 Å². The van der Waals surface area contributed by atoms with E-state index in [1.165, 1.54) is 0 Å². The summed E-state index contributed by atoms with van der Waals surface area (Å²) < 4.78 is 6.40. The van der Waals surface area contributed by atoms with Gasteiger partial charge in [-0.2, -0.15) is 0 Å². The van der Waals surface area contributed by atoms with Crippen LogP contribution in [0, 0.1) is 3.95 Å². The minimum atomic E-state index is -1.26. The summed E-state index contributed by atoms with van der Waals surface area (Å²) in [7, 11) is 1.56. The van der Waals surface area contributed by atoms with Crippen molar-refractivity contribution in [3.63, 3.8) is 0 Å². The molecular weight excluding hydrogens is 404 g/mol. The van der Waals surface area contributed by atoms with Crippen LogP contribution >= 0.6 is 23.6 Å². The summed E-state index contributed by atoms with van der Waals surface area (Å²) in [5, 5.41) is 28.9. The highest BCUT2D eigenvalue weighted by Crippen LogP contribution is 2.39. The van der Waals surface area contributed by atoms with Gasteiger partial charge in [0.25, 0.3) is 0 Å². The summed E-state index contributed by atoms with van der Waals surface area (Å²) in [6, 6.07) is 4.15. The second kappa shape index (κ2) is 7.95. The van der Waals surface area contributed by atoms with Crippen LogP contribution in [-0.4, -0.2) is 45.1 Å². The van der Waals surface area contributed by atoms with Gasteiger partial charge < -0.3 is 20.1 Å². The van der Waals surface area contributed by atoms with Crippen molar-refractivity contribution in [2.24, 2.45) is 4.99 Å². The summed E-state index contributed by atoms with van der Waals surface area (Å²) >= 11 is 6.26. The van der Waals surface area contributed by atoms with Gasteiger partial charge in [0.1, 0.15) is 11.8 Å². The molecule has 1 aromatic heterocycles. The number of carboxylic acids is 2. The summed E-state index contributed by atoms with van der Waals surface area (Å²) in [6.45, 7) is 0. The van der Waals surface area contributed by atoms with Crippen LogP contribution in [0.2, 0.25) is 0 Å². The maximum absolute atomic E-state index is 11.6. The van der Waals surface area contributed by atoms with E-state index in [0.29, 0.717) is 10.6 Å². The van der Waals surface area contributed by atoms with E-state index in [9.17, 15) is 19.8 Å². The van der Waals surface area contributed by atoms with Crippen molar-refractivity contribution in [2.45, 2.75) is 18.9 Å². The van der Waals surface area contributed by atoms with Crippen LogP contribution in [0.25, 0.3) is 11.6 Å². The molecule has 2 aromatic rings. The molecule has 1 atom stereocenters. The molecule has 1 unspecified atom stereocenters. The zero-order valence-electron chi connectivity index (χ0n) is 14.7. The van der Waals surface area contributed by atoms with E-state index in [1.807, 2.05) is 6.07 Å². The largest absolute Gasteiger partial charge is 0.497 e. The lowest BCUT2D eigenvalue weighted by Gasteiger charge is -2.14. The number of aromatic nitrogens is 1. The van der Waals surface area contributed by atoms with Gasteiger partial charge in [-0.1, -0.05) is 0 Å². The molecule has 0 spiro atoms. The number of aromatic hydroxyl groups is 1. The van der Waals surface area contributed by atoms with Crippen molar-refractivity contribution in [3.05, 3.63) is 32.6 Å². The number of aliphatic imine (C=N–C) groups is 1. The topological polar surface area (TPSA) is 121 Å². The molecule has 0 amide bonds. The highest BCUT2D eigenvalue weighted by Gasteiger charge is 2.26. The average molecular weight is 420 g/mol. The highest BCUT2D eigenvalue weighted by atomic mass is 32.1. The fourth-order valence-corrected chi connectivity index (χ4v) is 4.20. The zero-order valence-corrected chi connectivity index (χ0v) is 16.3. The first kappa shape index (κ1) is 19.8. The van der Waals surface area contributed by atoms with Gasteiger partial charge in [0.15, 0.2) is 3.95 Å². The van der Waals surface area contributed by atoms with E-state index in [0.717, 1.165) is 32.7 Å². The number of carbonyl (C=O) groups is 2. The average Bonchev–Trinajstić information content (AvgIpc) is 3.16. The molecule has 0 fully saturated rings. The summed E-state index contributed by atoms with van der Waals surface area (Å²) in [6.07, 6.45) is 2.76. The van der Waals surface area contributed by atoms with Gasteiger partial charge in [-0.15, -0.1) is 11.3 Å². The number of hydrogen-bond acceptors (Lipinski definition) is 7. The Bertz CT molecular complexity index is 1070. The number of methoxy groups -OCH3 is 1. The fourth-order valence-electron chi connectivity index (χ4n) is 2.84. The predicted octanol–water partition coefficient (Wildman–Crippen LogP) is 3.74. The zero-order chi connectivity index (χ0) is 20.4. The SMILES string of the molecule is COc1ccc2c(c1)N=CC2=Cc1sc(=S)n(C(CCC(=O)O)C(=O)O)c1O. The minimum absolute atomic E-state index is 0.145. The number of fused-ring (bicyclic) bond motifs is 1. The van der Waals surface area contributed by atoms with E-state index in [4.69, 9.17) is 22.1 Å².